The van der Waals surface area contributed by atoms with E-state index in [9.17, 15) is 18.0 Å². The monoisotopic (exact) mass is 515 g/mol. The van der Waals surface area contributed by atoms with E-state index in [1.807, 2.05) is 30.3 Å². The average molecular weight is 516 g/mol. The van der Waals surface area contributed by atoms with E-state index in [-0.39, 0.29) is 16.8 Å². The fourth-order valence-electron chi connectivity index (χ4n) is 4.20. The molecule has 2 heterocycles. The minimum atomic E-state index is -3.88. The average Bonchev–Trinajstić information content (AvgIpc) is 2.93. The van der Waals surface area contributed by atoms with Gasteiger partial charge in [0.1, 0.15) is 4.90 Å². The molecule has 3 amide bonds. The number of nitrogens with zero attached hydrogens (tertiary/aromatic N) is 3. The lowest BCUT2D eigenvalue weighted by Gasteiger charge is -2.34. The van der Waals surface area contributed by atoms with Gasteiger partial charge in [0, 0.05) is 54.7 Å². The van der Waals surface area contributed by atoms with Gasteiger partial charge in [-0.1, -0.05) is 36.4 Å². The first-order valence-electron chi connectivity index (χ1n) is 11.8. The van der Waals surface area contributed by atoms with Gasteiger partial charge in [-0.25, -0.2) is 13.2 Å². The molecule has 0 unspecified atom stereocenters. The Bertz CT molecular complexity index is 1530. The summed E-state index contributed by atoms with van der Waals surface area (Å²) in [6, 6.07) is 23.9. The number of carbonyl (C=O) groups is 2. The van der Waals surface area contributed by atoms with Crippen molar-refractivity contribution < 1.29 is 18.0 Å². The van der Waals surface area contributed by atoms with Crippen LogP contribution < -0.4 is 10.0 Å². The Morgan fingerprint density at radius 1 is 0.730 bits per heavy atom. The smallest absolute Gasteiger partial charge is 0.321 e. The molecule has 0 atom stereocenters. The zero-order valence-corrected chi connectivity index (χ0v) is 20.7. The molecule has 0 bridgehead atoms. The van der Waals surface area contributed by atoms with Crippen molar-refractivity contribution in [3.8, 4) is 0 Å². The lowest BCUT2D eigenvalue weighted by atomic mass is 10.1. The molecule has 1 aliphatic rings. The van der Waals surface area contributed by atoms with Gasteiger partial charge in [-0.15, -0.1) is 0 Å². The second kappa shape index (κ2) is 10.3. The van der Waals surface area contributed by atoms with Crippen LogP contribution >= 0.6 is 0 Å². The number of anilines is 2. The largest absolute Gasteiger partial charge is 0.335 e. The van der Waals surface area contributed by atoms with Crippen molar-refractivity contribution >= 4 is 44.2 Å². The Kier molecular flexibility index (Phi) is 6.74. The highest BCUT2D eigenvalue weighted by molar-refractivity contribution is 7.93. The molecule has 4 aromatic rings. The quantitative estimate of drug-likeness (QED) is 0.417. The van der Waals surface area contributed by atoms with E-state index in [2.05, 4.69) is 15.0 Å². The second-order valence-corrected chi connectivity index (χ2v) is 10.2. The van der Waals surface area contributed by atoms with Crippen LogP contribution in [0.25, 0.3) is 10.9 Å². The number of fused-ring (bicyclic) bond motifs is 1. The van der Waals surface area contributed by atoms with Crippen LogP contribution in [0.2, 0.25) is 0 Å². The zero-order valence-electron chi connectivity index (χ0n) is 19.9. The van der Waals surface area contributed by atoms with Gasteiger partial charge in [-0.05, 0) is 48.5 Å². The molecule has 1 fully saturated rings. The summed E-state index contributed by atoms with van der Waals surface area (Å²) in [6.45, 7) is 1.65. The molecule has 0 radical (unpaired) electrons. The van der Waals surface area contributed by atoms with Crippen LogP contribution in [-0.4, -0.2) is 61.3 Å². The van der Waals surface area contributed by atoms with Gasteiger partial charge < -0.3 is 15.1 Å². The summed E-state index contributed by atoms with van der Waals surface area (Å²) in [5.41, 5.74) is 1.89. The van der Waals surface area contributed by atoms with Crippen LogP contribution in [0.1, 0.15) is 10.4 Å². The van der Waals surface area contributed by atoms with E-state index in [0.29, 0.717) is 42.9 Å². The number of nitrogens with one attached hydrogen (secondary N) is 2. The molecule has 0 spiro atoms. The number of piperazine rings is 1. The Balaban J connectivity index is 1.20. The highest BCUT2D eigenvalue weighted by Gasteiger charge is 2.25. The number of rotatable bonds is 5. The predicted molar refractivity (Wildman–Crippen MR) is 142 cm³/mol. The minimum absolute atomic E-state index is 0.0833. The van der Waals surface area contributed by atoms with Gasteiger partial charge in [-0.3, -0.25) is 14.5 Å². The molecule has 10 heteroatoms. The van der Waals surface area contributed by atoms with E-state index >= 15 is 0 Å². The van der Waals surface area contributed by atoms with Crippen LogP contribution in [0.3, 0.4) is 0 Å². The normalized spacial score (nSPS) is 13.8. The van der Waals surface area contributed by atoms with Crippen molar-refractivity contribution in [1.82, 2.24) is 14.8 Å². The molecule has 1 aromatic heterocycles. The first-order chi connectivity index (χ1) is 17.9. The molecule has 5 rings (SSSR count). The Morgan fingerprint density at radius 2 is 1.41 bits per heavy atom. The number of carbonyl (C=O) groups excluding carboxylic acids is 2. The molecular formula is C27H25N5O4S. The lowest BCUT2D eigenvalue weighted by molar-refractivity contribution is 0.0671. The van der Waals surface area contributed by atoms with E-state index in [0.717, 1.165) is 11.1 Å². The molecule has 1 saturated heterocycles. The van der Waals surface area contributed by atoms with E-state index in [1.165, 1.54) is 6.07 Å². The highest BCUT2D eigenvalue weighted by atomic mass is 32.2. The first kappa shape index (κ1) is 24.3. The number of hydrogen-bond acceptors (Lipinski definition) is 5. The molecule has 188 valence electrons. The third kappa shape index (κ3) is 5.39. The van der Waals surface area contributed by atoms with Crippen molar-refractivity contribution in [3.05, 3.63) is 96.7 Å². The summed E-state index contributed by atoms with van der Waals surface area (Å²) < 4.78 is 28.6. The number of amides is 3. The number of sulfonamides is 1. The van der Waals surface area contributed by atoms with Gasteiger partial charge in [-0.2, -0.15) is 0 Å². The van der Waals surface area contributed by atoms with E-state index in [4.69, 9.17) is 0 Å². The molecule has 2 N–H and O–H groups in total. The maximum Gasteiger partial charge on any atom is 0.321 e. The van der Waals surface area contributed by atoms with Crippen molar-refractivity contribution in [1.29, 1.82) is 0 Å². The van der Waals surface area contributed by atoms with Gasteiger partial charge in [0.2, 0.25) is 0 Å². The number of urea groups is 1. The summed E-state index contributed by atoms with van der Waals surface area (Å²) in [4.78, 5) is 33.1. The summed E-state index contributed by atoms with van der Waals surface area (Å²) >= 11 is 0. The van der Waals surface area contributed by atoms with Crippen molar-refractivity contribution in [2.24, 2.45) is 0 Å². The van der Waals surface area contributed by atoms with Gasteiger partial charge in [0.05, 0.1) is 5.52 Å². The number of para-hydroxylation sites is 2. The van der Waals surface area contributed by atoms with Gasteiger partial charge in [0.15, 0.2) is 0 Å². The molecule has 0 aliphatic carbocycles. The second-order valence-electron chi connectivity index (χ2n) is 8.59. The molecule has 37 heavy (non-hydrogen) atoms. The first-order valence-corrected chi connectivity index (χ1v) is 13.3. The van der Waals surface area contributed by atoms with Crippen molar-refractivity contribution in [2.45, 2.75) is 4.90 Å². The highest BCUT2D eigenvalue weighted by Crippen LogP contribution is 2.23. The summed E-state index contributed by atoms with van der Waals surface area (Å²) in [5.74, 6) is -0.171. The molecule has 9 nitrogen and oxygen atoms in total. The SMILES string of the molecule is O=C(Nc1ccccc1)N1CCN(C(=O)c2ccc(NS(=O)(=O)c3cccc4cccnc34)cc2)CC1. The fourth-order valence-corrected chi connectivity index (χ4v) is 5.44. The number of pyridine rings is 1. The lowest BCUT2D eigenvalue weighted by Crippen LogP contribution is -2.51. The van der Waals surface area contributed by atoms with E-state index < -0.39 is 10.0 Å². The predicted octanol–water partition coefficient (Wildman–Crippen LogP) is 4.03. The maximum absolute atomic E-state index is 13.0. The third-order valence-corrected chi connectivity index (χ3v) is 7.56. The zero-order chi connectivity index (χ0) is 25.8. The van der Waals surface area contributed by atoms with Crippen LogP contribution in [0.4, 0.5) is 16.2 Å². The Morgan fingerprint density at radius 3 is 2.14 bits per heavy atom. The van der Waals surface area contributed by atoms with Crippen molar-refractivity contribution in [2.75, 3.05) is 36.2 Å². The van der Waals surface area contributed by atoms with Crippen LogP contribution in [0.15, 0.2) is 96.0 Å². The maximum atomic E-state index is 13.0. The molecular weight excluding hydrogens is 490 g/mol. The van der Waals surface area contributed by atoms with Gasteiger partial charge >= 0.3 is 6.03 Å². The van der Waals surface area contributed by atoms with E-state index in [1.54, 1.807) is 64.5 Å². The van der Waals surface area contributed by atoms with Gasteiger partial charge in [0.25, 0.3) is 15.9 Å². The molecule has 3 aromatic carbocycles. The summed E-state index contributed by atoms with van der Waals surface area (Å²) in [6.07, 6.45) is 1.55. The van der Waals surface area contributed by atoms with Crippen LogP contribution in [-0.2, 0) is 10.0 Å². The van der Waals surface area contributed by atoms with Crippen molar-refractivity contribution in [3.63, 3.8) is 0 Å². The number of benzene rings is 3. The third-order valence-electron chi connectivity index (χ3n) is 6.15. The van der Waals surface area contributed by atoms with Crippen LogP contribution in [0.5, 0.6) is 0 Å². The number of aromatic nitrogens is 1. The molecule has 1 aliphatic heterocycles. The Hall–Kier alpha value is -4.44. The Labute approximate surface area is 214 Å². The fraction of sp³-hybridized carbons (Fsp3) is 0.148. The topological polar surface area (TPSA) is 112 Å². The standard InChI is InChI=1S/C27H25N5O4S/c33-26(31-16-18-32(19-17-31)27(34)29-22-8-2-1-3-9-22)21-11-13-23(14-12-21)30-37(35,36)24-10-4-6-20-7-5-15-28-25(20)24/h1-15,30H,16-19H2,(H,29,34). The summed E-state index contributed by atoms with van der Waals surface area (Å²) in [7, 11) is -3.88. The number of hydrogen-bond donors (Lipinski definition) is 2. The summed E-state index contributed by atoms with van der Waals surface area (Å²) in [5, 5.41) is 3.58. The molecule has 0 saturated carbocycles. The van der Waals surface area contributed by atoms with Crippen LogP contribution in [0, 0.1) is 0 Å². The minimum Gasteiger partial charge on any atom is -0.335 e.